The van der Waals surface area contributed by atoms with Gasteiger partial charge < -0.3 is 4.90 Å². The van der Waals surface area contributed by atoms with Gasteiger partial charge in [0.05, 0.1) is 10.2 Å². The topological polar surface area (TPSA) is 54.3 Å². The van der Waals surface area contributed by atoms with Crippen molar-refractivity contribution in [1.29, 1.82) is 0 Å². The van der Waals surface area contributed by atoms with Crippen LogP contribution in [0.5, 0.6) is 0 Å². The number of nitrogens with zero attached hydrogens (tertiary/aromatic N) is 5. The summed E-state index contributed by atoms with van der Waals surface area (Å²) in [5.41, 5.74) is 1.06. The molecule has 0 aliphatic heterocycles. The summed E-state index contributed by atoms with van der Waals surface area (Å²) < 4.78 is 15.9. The van der Waals surface area contributed by atoms with Crippen molar-refractivity contribution in [2.45, 2.75) is 13.5 Å². The van der Waals surface area contributed by atoms with Crippen molar-refractivity contribution in [1.82, 2.24) is 19.7 Å². The van der Waals surface area contributed by atoms with Crippen LogP contribution in [0.4, 0.5) is 9.52 Å². The Morgan fingerprint density at radius 1 is 1.27 bits per heavy atom. The number of carbonyl (C=O) groups excluding carboxylic acids is 1. The first kappa shape index (κ1) is 20.3. The first-order valence-corrected chi connectivity index (χ1v) is 8.85. The van der Waals surface area contributed by atoms with E-state index in [-0.39, 0.29) is 24.1 Å². The van der Waals surface area contributed by atoms with E-state index in [0.717, 1.165) is 4.70 Å². The van der Waals surface area contributed by atoms with Gasteiger partial charge in [-0.3, -0.25) is 14.4 Å². The average molecular weight is 398 g/mol. The molecule has 9 heteroatoms. The van der Waals surface area contributed by atoms with Crippen molar-refractivity contribution >= 4 is 45.0 Å². The standard InChI is InChI=1S/C17H20FN5OS.ClH/c1-4-22-8-7-14(20-22)16(24)23(10-9-21(2)3)17-19-13-6-5-12(18)11-15(13)25-17;/h5-8,11H,4,9-10H2,1-3H3;1H. The van der Waals surface area contributed by atoms with Crippen LogP contribution in [0, 0.1) is 5.82 Å². The summed E-state index contributed by atoms with van der Waals surface area (Å²) in [5.74, 6) is -0.510. The van der Waals surface area contributed by atoms with Crippen LogP contribution in [0.3, 0.4) is 0 Å². The molecular weight excluding hydrogens is 377 g/mol. The lowest BCUT2D eigenvalue weighted by molar-refractivity contribution is 0.0979. The molecule has 0 aliphatic carbocycles. The van der Waals surface area contributed by atoms with Gasteiger partial charge in [-0.2, -0.15) is 5.10 Å². The summed E-state index contributed by atoms with van der Waals surface area (Å²) >= 11 is 1.31. The Labute approximate surface area is 161 Å². The molecule has 0 unspecified atom stereocenters. The molecule has 1 amide bonds. The number of hydrogen-bond acceptors (Lipinski definition) is 5. The van der Waals surface area contributed by atoms with Gasteiger partial charge in [-0.15, -0.1) is 12.4 Å². The van der Waals surface area contributed by atoms with Crippen LogP contribution in [-0.4, -0.2) is 52.8 Å². The molecule has 140 valence electrons. The van der Waals surface area contributed by atoms with Gasteiger partial charge in [0.15, 0.2) is 10.8 Å². The molecule has 0 saturated carbocycles. The SMILES string of the molecule is CCn1ccc(C(=O)N(CCN(C)C)c2nc3ccc(F)cc3s2)n1.Cl. The zero-order valence-corrected chi connectivity index (χ0v) is 16.5. The van der Waals surface area contributed by atoms with E-state index in [0.29, 0.717) is 36.0 Å². The van der Waals surface area contributed by atoms with Crippen molar-refractivity contribution in [3.63, 3.8) is 0 Å². The second kappa shape index (κ2) is 8.57. The molecule has 1 aromatic carbocycles. The first-order valence-electron chi connectivity index (χ1n) is 8.04. The summed E-state index contributed by atoms with van der Waals surface area (Å²) in [6.07, 6.45) is 1.78. The maximum absolute atomic E-state index is 13.4. The third-order valence-electron chi connectivity index (χ3n) is 3.77. The van der Waals surface area contributed by atoms with E-state index >= 15 is 0 Å². The van der Waals surface area contributed by atoms with Crippen molar-refractivity contribution in [2.75, 3.05) is 32.1 Å². The number of carbonyl (C=O) groups is 1. The van der Waals surface area contributed by atoms with E-state index in [1.807, 2.05) is 25.9 Å². The molecule has 3 aromatic rings. The highest BCUT2D eigenvalue weighted by molar-refractivity contribution is 7.22. The quantitative estimate of drug-likeness (QED) is 0.640. The Morgan fingerprint density at radius 3 is 2.69 bits per heavy atom. The van der Waals surface area contributed by atoms with Crippen LogP contribution in [0.2, 0.25) is 0 Å². The summed E-state index contributed by atoms with van der Waals surface area (Å²) in [4.78, 5) is 21.1. The lowest BCUT2D eigenvalue weighted by Crippen LogP contribution is -2.37. The minimum absolute atomic E-state index is 0. The highest BCUT2D eigenvalue weighted by Gasteiger charge is 2.23. The van der Waals surface area contributed by atoms with E-state index in [4.69, 9.17) is 0 Å². The van der Waals surface area contributed by atoms with Crippen LogP contribution in [0.15, 0.2) is 30.5 Å². The summed E-state index contributed by atoms with van der Waals surface area (Å²) in [7, 11) is 3.89. The van der Waals surface area contributed by atoms with Crippen molar-refractivity contribution in [3.05, 3.63) is 42.0 Å². The minimum atomic E-state index is -0.310. The Bertz CT molecular complexity index is 894. The number of fused-ring (bicyclic) bond motifs is 1. The van der Waals surface area contributed by atoms with E-state index in [1.165, 1.54) is 23.5 Å². The first-order chi connectivity index (χ1) is 12.0. The molecule has 0 N–H and O–H groups in total. The normalized spacial score (nSPS) is 11.0. The van der Waals surface area contributed by atoms with Crippen molar-refractivity contribution in [2.24, 2.45) is 0 Å². The fraction of sp³-hybridized carbons (Fsp3) is 0.353. The van der Waals surface area contributed by atoms with Gasteiger partial charge in [-0.05, 0) is 45.3 Å². The summed E-state index contributed by atoms with van der Waals surface area (Å²) in [6.45, 7) is 3.83. The maximum Gasteiger partial charge on any atom is 0.280 e. The van der Waals surface area contributed by atoms with Gasteiger partial charge in [-0.1, -0.05) is 11.3 Å². The fourth-order valence-corrected chi connectivity index (χ4v) is 3.39. The van der Waals surface area contributed by atoms with Crippen LogP contribution in [0.1, 0.15) is 17.4 Å². The van der Waals surface area contributed by atoms with Gasteiger partial charge >= 0.3 is 0 Å². The molecular formula is C17H21ClFN5OS. The summed E-state index contributed by atoms with van der Waals surface area (Å²) in [5, 5.41) is 4.85. The molecule has 26 heavy (non-hydrogen) atoms. The van der Waals surface area contributed by atoms with Gasteiger partial charge in [0.1, 0.15) is 5.82 Å². The van der Waals surface area contributed by atoms with Gasteiger partial charge in [0.25, 0.3) is 5.91 Å². The smallest absolute Gasteiger partial charge is 0.280 e. The number of hydrogen-bond donors (Lipinski definition) is 0. The molecule has 0 bridgehead atoms. The molecule has 2 aromatic heterocycles. The van der Waals surface area contributed by atoms with Crippen LogP contribution >= 0.6 is 23.7 Å². The predicted octanol–water partition coefficient (Wildman–Crippen LogP) is 3.28. The van der Waals surface area contributed by atoms with E-state index in [9.17, 15) is 9.18 Å². The zero-order valence-electron chi connectivity index (χ0n) is 14.8. The number of likely N-dealkylation sites (N-methyl/N-ethyl adjacent to an activating group) is 1. The lowest BCUT2D eigenvalue weighted by Gasteiger charge is -2.21. The Balaban J connectivity index is 0.00000243. The molecule has 0 fully saturated rings. The molecule has 2 heterocycles. The predicted molar refractivity (Wildman–Crippen MR) is 105 cm³/mol. The van der Waals surface area contributed by atoms with Crippen LogP contribution in [0.25, 0.3) is 10.2 Å². The number of halogens is 2. The zero-order chi connectivity index (χ0) is 18.0. The number of aryl methyl sites for hydroxylation is 1. The van der Waals surface area contributed by atoms with Gasteiger partial charge in [0, 0.05) is 25.8 Å². The third-order valence-corrected chi connectivity index (χ3v) is 4.81. The number of amides is 1. The number of benzene rings is 1. The summed E-state index contributed by atoms with van der Waals surface area (Å²) in [6, 6.07) is 6.16. The number of anilines is 1. The largest absolute Gasteiger partial charge is 0.308 e. The average Bonchev–Trinajstić information content (AvgIpc) is 3.20. The maximum atomic E-state index is 13.4. The Morgan fingerprint density at radius 2 is 2.04 bits per heavy atom. The number of thiazole rings is 1. The molecule has 3 rings (SSSR count). The Kier molecular flexibility index (Phi) is 6.69. The molecule has 0 radical (unpaired) electrons. The van der Waals surface area contributed by atoms with Crippen molar-refractivity contribution in [3.8, 4) is 0 Å². The van der Waals surface area contributed by atoms with E-state index in [1.54, 1.807) is 27.9 Å². The van der Waals surface area contributed by atoms with Crippen LogP contribution < -0.4 is 4.90 Å². The van der Waals surface area contributed by atoms with Crippen LogP contribution in [-0.2, 0) is 6.54 Å². The fourth-order valence-electron chi connectivity index (χ4n) is 2.38. The molecule has 0 spiro atoms. The van der Waals surface area contributed by atoms with Gasteiger partial charge in [-0.25, -0.2) is 9.37 Å². The number of rotatable bonds is 6. The highest BCUT2D eigenvalue weighted by atomic mass is 35.5. The monoisotopic (exact) mass is 397 g/mol. The molecule has 0 atom stereocenters. The molecule has 0 saturated heterocycles. The molecule has 6 nitrogen and oxygen atoms in total. The number of aromatic nitrogens is 3. The lowest BCUT2D eigenvalue weighted by atomic mass is 10.3. The highest BCUT2D eigenvalue weighted by Crippen LogP contribution is 2.30. The third kappa shape index (κ3) is 4.38. The van der Waals surface area contributed by atoms with E-state index < -0.39 is 0 Å². The van der Waals surface area contributed by atoms with Gasteiger partial charge in [0.2, 0.25) is 0 Å². The van der Waals surface area contributed by atoms with Crippen molar-refractivity contribution < 1.29 is 9.18 Å². The van der Waals surface area contributed by atoms with E-state index in [2.05, 4.69) is 10.1 Å². The second-order valence-electron chi connectivity index (χ2n) is 5.93. The minimum Gasteiger partial charge on any atom is -0.308 e. The molecule has 0 aliphatic rings. The Hall–Kier alpha value is -2.03. The second-order valence-corrected chi connectivity index (χ2v) is 6.93.